The average Bonchev–Trinajstić information content (AvgIpc) is 3.55. The zero-order valence-electron chi connectivity index (χ0n) is 17.7. The minimum atomic E-state index is 0.179. The van der Waals surface area contributed by atoms with Crippen molar-refractivity contribution in [1.29, 1.82) is 0 Å². The maximum atomic E-state index is 11.6. The van der Waals surface area contributed by atoms with E-state index in [4.69, 9.17) is 9.51 Å². The fourth-order valence-electron chi connectivity index (χ4n) is 5.17. The van der Waals surface area contributed by atoms with Gasteiger partial charge >= 0.3 is 0 Å². The van der Waals surface area contributed by atoms with Gasteiger partial charge in [0.15, 0.2) is 0 Å². The summed E-state index contributed by atoms with van der Waals surface area (Å²) in [4.78, 5) is 27.7. The monoisotopic (exact) mass is 410 g/mol. The lowest BCUT2D eigenvalue weighted by atomic mass is 10.0. The number of carbonyl (C=O) groups is 1. The van der Waals surface area contributed by atoms with Crippen LogP contribution >= 0.6 is 0 Å². The normalized spacial score (nSPS) is 23.4. The molecule has 8 nitrogen and oxygen atoms in total. The van der Waals surface area contributed by atoms with Gasteiger partial charge in [-0.05, 0) is 57.2 Å². The zero-order valence-corrected chi connectivity index (χ0v) is 17.7. The third-order valence-corrected chi connectivity index (χ3v) is 6.83. The van der Waals surface area contributed by atoms with Gasteiger partial charge in [-0.1, -0.05) is 5.16 Å². The van der Waals surface area contributed by atoms with Crippen LogP contribution in [0.3, 0.4) is 0 Å². The largest absolute Gasteiger partial charge is 0.357 e. The molecule has 3 aliphatic rings. The summed E-state index contributed by atoms with van der Waals surface area (Å²) in [6, 6.07) is 4.69. The zero-order chi connectivity index (χ0) is 20.5. The van der Waals surface area contributed by atoms with Gasteiger partial charge in [0.25, 0.3) is 0 Å². The van der Waals surface area contributed by atoms with Crippen LogP contribution < -0.4 is 4.90 Å². The Kier molecular flexibility index (Phi) is 5.41. The molecule has 2 aromatic heterocycles. The summed E-state index contributed by atoms with van der Waals surface area (Å²) in [6.45, 7) is 6.53. The molecule has 0 bridgehead atoms. The van der Waals surface area contributed by atoms with Crippen molar-refractivity contribution in [3.8, 4) is 11.4 Å². The SMILES string of the molecule is CC(=O)N1CCC(N2CCCC2c2nc(-c3ccnc(N4CCCC4)c3)no2)CC1. The van der Waals surface area contributed by atoms with Gasteiger partial charge in [0.1, 0.15) is 5.82 Å². The topological polar surface area (TPSA) is 78.6 Å². The predicted molar refractivity (Wildman–Crippen MR) is 113 cm³/mol. The number of likely N-dealkylation sites (tertiary alicyclic amines) is 2. The van der Waals surface area contributed by atoms with Crippen LogP contribution in [0.5, 0.6) is 0 Å². The van der Waals surface area contributed by atoms with E-state index in [2.05, 4.69) is 26.0 Å². The molecule has 30 heavy (non-hydrogen) atoms. The minimum absolute atomic E-state index is 0.179. The van der Waals surface area contributed by atoms with Crippen molar-refractivity contribution in [2.75, 3.05) is 37.6 Å². The van der Waals surface area contributed by atoms with E-state index in [1.165, 1.54) is 12.8 Å². The van der Waals surface area contributed by atoms with Crippen molar-refractivity contribution >= 4 is 11.7 Å². The van der Waals surface area contributed by atoms with Gasteiger partial charge in [0.2, 0.25) is 17.6 Å². The average molecular weight is 411 g/mol. The molecule has 160 valence electrons. The van der Waals surface area contributed by atoms with Gasteiger partial charge in [-0.3, -0.25) is 9.69 Å². The van der Waals surface area contributed by atoms with E-state index in [0.29, 0.717) is 11.9 Å². The maximum absolute atomic E-state index is 11.6. The lowest BCUT2D eigenvalue weighted by Gasteiger charge is -2.38. The van der Waals surface area contributed by atoms with Gasteiger partial charge in [0.05, 0.1) is 6.04 Å². The molecular formula is C22H30N6O2. The number of aromatic nitrogens is 3. The van der Waals surface area contributed by atoms with Crippen molar-refractivity contribution < 1.29 is 9.32 Å². The van der Waals surface area contributed by atoms with Crippen LogP contribution in [0.15, 0.2) is 22.9 Å². The highest BCUT2D eigenvalue weighted by molar-refractivity contribution is 5.73. The van der Waals surface area contributed by atoms with E-state index in [-0.39, 0.29) is 11.9 Å². The van der Waals surface area contributed by atoms with Crippen molar-refractivity contribution in [2.45, 2.75) is 57.5 Å². The number of rotatable bonds is 4. The predicted octanol–water partition coefficient (Wildman–Crippen LogP) is 2.88. The van der Waals surface area contributed by atoms with Gasteiger partial charge in [0, 0.05) is 50.9 Å². The fourth-order valence-corrected chi connectivity index (χ4v) is 5.17. The molecule has 1 unspecified atom stereocenters. The highest BCUT2D eigenvalue weighted by Gasteiger charge is 2.37. The molecule has 0 N–H and O–H groups in total. The van der Waals surface area contributed by atoms with Crippen molar-refractivity contribution in [3.05, 3.63) is 24.2 Å². The van der Waals surface area contributed by atoms with Crippen LogP contribution in [-0.2, 0) is 4.79 Å². The number of hydrogen-bond donors (Lipinski definition) is 0. The molecule has 0 aliphatic carbocycles. The van der Waals surface area contributed by atoms with E-state index in [1.54, 1.807) is 6.92 Å². The Morgan fingerprint density at radius 2 is 1.87 bits per heavy atom. The number of anilines is 1. The summed E-state index contributed by atoms with van der Waals surface area (Å²) in [7, 11) is 0. The minimum Gasteiger partial charge on any atom is -0.357 e. The molecule has 1 amide bonds. The lowest BCUT2D eigenvalue weighted by molar-refractivity contribution is -0.130. The van der Waals surface area contributed by atoms with Crippen molar-refractivity contribution in [3.63, 3.8) is 0 Å². The third kappa shape index (κ3) is 3.80. The number of amides is 1. The summed E-state index contributed by atoms with van der Waals surface area (Å²) in [5.41, 5.74) is 0.959. The van der Waals surface area contributed by atoms with Crippen LogP contribution in [0.1, 0.15) is 57.4 Å². The molecule has 0 radical (unpaired) electrons. The van der Waals surface area contributed by atoms with Crippen LogP contribution in [0.2, 0.25) is 0 Å². The molecule has 1 atom stereocenters. The molecule has 3 saturated heterocycles. The number of carbonyl (C=O) groups excluding carboxylic acids is 1. The Morgan fingerprint density at radius 1 is 1.07 bits per heavy atom. The highest BCUT2D eigenvalue weighted by atomic mass is 16.5. The summed E-state index contributed by atoms with van der Waals surface area (Å²) < 4.78 is 5.75. The van der Waals surface area contributed by atoms with Gasteiger partial charge in [-0.15, -0.1) is 0 Å². The molecule has 0 aromatic carbocycles. The molecule has 0 spiro atoms. The number of nitrogens with zero attached hydrogens (tertiary/aromatic N) is 6. The van der Waals surface area contributed by atoms with Crippen LogP contribution in [0.4, 0.5) is 5.82 Å². The van der Waals surface area contributed by atoms with Crippen molar-refractivity contribution in [1.82, 2.24) is 24.9 Å². The standard InChI is InChI=1S/C22H30N6O2/c1-16(29)26-13-7-18(8-14-26)28-12-4-5-19(28)22-24-21(25-30-22)17-6-9-23-20(15-17)27-10-2-3-11-27/h6,9,15,18-19H,2-5,7-8,10-14H2,1H3. The summed E-state index contributed by atoms with van der Waals surface area (Å²) >= 11 is 0. The Labute approximate surface area is 177 Å². The quantitative estimate of drug-likeness (QED) is 0.767. The third-order valence-electron chi connectivity index (χ3n) is 6.83. The molecule has 2 aromatic rings. The first-order chi connectivity index (χ1) is 14.7. The van der Waals surface area contributed by atoms with Crippen LogP contribution in [0.25, 0.3) is 11.4 Å². The highest BCUT2D eigenvalue weighted by Crippen LogP contribution is 2.36. The molecular weight excluding hydrogens is 380 g/mol. The van der Waals surface area contributed by atoms with Gasteiger partial charge < -0.3 is 14.3 Å². The fraction of sp³-hybridized carbons (Fsp3) is 0.636. The maximum Gasteiger partial charge on any atom is 0.244 e. The molecule has 8 heteroatoms. The number of piperidine rings is 1. The summed E-state index contributed by atoms with van der Waals surface area (Å²) in [5.74, 6) is 2.54. The summed E-state index contributed by atoms with van der Waals surface area (Å²) in [5, 5.41) is 4.30. The number of pyridine rings is 1. The Bertz CT molecular complexity index is 885. The molecule has 5 rings (SSSR count). The first kappa shape index (κ1) is 19.5. The van der Waals surface area contributed by atoms with Crippen molar-refractivity contribution in [2.24, 2.45) is 0 Å². The second kappa shape index (κ2) is 8.34. The molecule has 5 heterocycles. The van der Waals surface area contributed by atoms with Gasteiger partial charge in [-0.25, -0.2) is 4.98 Å². The Balaban J connectivity index is 1.30. The van der Waals surface area contributed by atoms with E-state index < -0.39 is 0 Å². The first-order valence-corrected chi connectivity index (χ1v) is 11.3. The first-order valence-electron chi connectivity index (χ1n) is 11.3. The molecule has 0 saturated carbocycles. The van der Waals surface area contributed by atoms with E-state index in [0.717, 1.165) is 75.7 Å². The van der Waals surface area contributed by atoms with Crippen LogP contribution in [0, 0.1) is 0 Å². The molecule has 3 fully saturated rings. The van der Waals surface area contributed by atoms with E-state index in [1.807, 2.05) is 17.2 Å². The van der Waals surface area contributed by atoms with E-state index in [9.17, 15) is 4.79 Å². The lowest BCUT2D eigenvalue weighted by Crippen LogP contribution is -2.46. The Hall–Kier alpha value is -2.48. The second-order valence-electron chi connectivity index (χ2n) is 8.69. The Morgan fingerprint density at radius 3 is 2.63 bits per heavy atom. The molecule has 3 aliphatic heterocycles. The summed E-state index contributed by atoms with van der Waals surface area (Å²) in [6.07, 6.45) is 8.50. The van der Waals surface area contributed by atoms with E-state index >= 15 is 0 Å². The smallest absolute Gasteiger partial charge is 0.244 e. The van der Waals surface area contributed by atoms with Crippen LogP contribution in [-0.4, -0.2) is 69.6 Å². The second-order valence-corrected chi connectivity index (χ2v) is 8.69. The van der Waals surface area contributed by atoms with Gasteiger partial charge in [-0.2, -0.15) is 4.98 Å². The number of hydrogen-bond acceptors (Lipinski definition) is 7.